The van der Waals surface area contributed by atoms with E-state index in [2.05, 4.69) is 5.10 Å². The highest BCUT2D eigenvalue weighted by molar-refractivity contribution is 6.02. The standard InChI is InChI=1S/C14H17N3O/c1-14(2,10-4-6-11(15)7-5-10)13(18)12-8-9-16-17(12)3/h4-9H,15H2,1-3H3. The van der Waals surface area contributed by atoms with E-state index in [1.807, 2.05) is 38.1 Å². The zero-order valence-corrected chi connectivity index (χ0v) is 10.8. The van der Waals surface area contributed by atoms with Crippen LogP contribution in [0.3, 0.4) is 0 Å². The smallest absolute Gasteiger partial charge is 0.190 e. The van der Waals surface area contributed by atoms with Crippen LogP contribution in [0.5, 0.6) is 0 Å². The van der Waals surface area contributed by atoms with Crippen LogP contribution in [0.25, 0.3) is 0 Å². The minimum absolute atomic E-state index is 0.0484. The van der Waals surface area contributed by atoms with Gasteiger partial charge in [-0.25, -0.2) is 0 Å². The number of aryl methyl sites for hydroxylation is 1. The minimum Gasteiger partial charge on any atom is -0.399 e. The molecule has 0 aliphatic rings. The van der Waals surface area contributed by atoms with Crippen molar-refractivity contribution in [2.24, 2.45) is 7.05 Å². The second-order valence-electron chi connectivity index (χ2n) is 4.92. The molecular formula is C14H17N3O. The number of rotatable bonds is 3. The number of hydrogen-bond donors (Lipinski definition) is 1. The zero-order valence-electron chi connectivity index (χ0n) is 10.8. The van der Waals surface area contributed by atoms with Crippen LogP contribution in [0.1, 0.15) is 29.9 Å². The van der Waals surface area contributed by atoms with Gasteiger partial charge in [-0.15, -0.1) is 0 Å². The molecule has 94 valence electrons. The molecule has 2 aromatic rings. The lowest BCUT2D eigenvalue weighted by atomic mass is 9.79. The Hall–Kier alpha value is -2.10. The van der Waals surface area contributed by atoms with E-state index in [0.29, 0.717) is 11.4 Å². The van der Waals surface area contributed by atoms with Crippen LogP contribution in [-0.2, 0) is 12.5 Å². The van der Waals surface area contributed by atoms with Gasteiger partial charge < -0.3 is 5.73 Å². The van der Waals surface area contributed by atoms with Gasteiger partial charge in [0.2, 0.25) is 0 Å². The maximum Gasteiger partial charge on any atom is 0.190 e. The third kappa shape index (κ3) is 2.01. The van der Waals surface area contributed by atoms with E-state index in [9.17, 15) is 4.79 Å². The van der Waals surface area contributed by atoms with Crippen molar-refractivity contribution in [3.63, 3.8) is 0 Å². The van der Waals surface area contributed by atoms with Crippen molar-refractivity contribution in [1.29, 1.82) is 0 Å². The second kappa shape index (κ2) is 4.29. The molecular weight excluding hydrogens is 226 g/mol. The van der Waals surface area contributed by atoms with Gasteiger partial charge >= 0.3 is 0 Å². The number of carbonyl (C=O) groups is 1. The first kappa shape index (κ1) is 12.4. The number of nitrogens with zero attached hydrogens (tertiary/aromatic N) is 2. The first-order valence-electron chi connectivity index (χ1n) is 5.82. The summed E-state index contributed by atoms with van der Waals surface area (Å²) < 4.78 is 1.60. The lowest BCUT2D eigenvalue weighted by molar-refractivity contribution is 0.0899. The Morgan fingerprint density at radius 3 is 2.33 bits per heavy atom. The number of anilines is 1. The van der Waals surface area contributed by atoms with Gasteiger partial charge in [0.05, 0.1) is 5.41 Å². The molecule has 1 aromatic heterocycles. The number of nitrogen functional groups attached to an aromatic ring is 1. The molecule has 0 aliphatic carbocycles. The molecule has 2 rings (SSSR count). The first-order valence-corrected chi connectivity index (χ1v) is 5.82. The summed E-state index contributed by atoms with van der Waals surface area (Å²) in [6.07, 6.45) is 1.63. The molecule has 0 radical (unpaired) electrons. The summed E-state index contributed by atoms with van der Waals surface area (Å²) in [5.74, 6) is 0.0484. The highest BCUT2D eigenvalue weighted by Gasteiger charge is 2.32. The lowest BCUT2D eigenvalue weighted by Crippen LogP contribution is -2.30. The van der Waals surface area contributed by atoms with Crippen LogP contribution in [-0.4, -0.2) is 15.6 Å². The van der Waals surface area contributed by atoms with Crippen molar-refractivity contribution in [3.8, 4) is 0 Å². The molecule has 0 bridgehead atoms. The van der Waals surface area contributed by atoms with Gasteiger partial charge in [-0.05, 0) is 37.6 Å². The molecule has 0 saturated heterocycles. The average Bonchev–Trinajstić information content (AvgIpc) is 2.75. The maximum atomic E-state index is 12.5. The molecule has 0 unspecified atom stereocenters. The van der Waals surface area contributed by atoms with E-state index in [1.165, 1.54) is 0 Å². The maximum absolute atomic E-state index is 12.5. The van der Waals surface area contributed by atoms with Crippen LogP contribution in [0.4, 0.5) is 5.69 Å². The summed E-state index contributed by atoms with van der Waals surface area (Å²) in [6.45, 7) is 3.82. The summed E-state index contributed by atoms with van der Waals surface area (Å²) >= 11 is 0. The fourth-order valence-electron chi connectivity index (χ4n) is 1.95. The number of Topliss-reactive ketones (excluding diaryl/α,β-unsaturated/α-hetero) is 1. The SMILES string of the molecule is Cn1nccc1C(=O)C(C)(C)c1ccc(N)cc1. The van der Waals surface area contributed by atoms with Crippen molar-refractivity contribution >= 4 is 11.5 Å². The third-order valence-electron chi connectivity index (χ3n) is 3.25. The van der Waals surface area contributed by atoms with Crippen LogP contribution >= 0.6 is 0 Å². The summed E-state index contributed by atoms with van der Waals surface area (Å²) in [6, 6.07) is 9.15. The van der Waals surface area contributed by atoms with Crippen molar-refractivity contribution in [1.82, 2.24) is 9.78 Å². The first-order chi connectivity index (χ1) is 8.43. The molecule has 4 heteroatoms. The van der Waals surface area contributed by atoms with E-state index in [0.717, 1.165) is 5.56 Å². The predicted octanol–water partition coefficient (Wildman–Crippen LogP) is 2.16. The van der Waals surface area contributed by atoms with Gasteiger partial charge in [0.1, 0.15) is 5.69 Å². The number of benzene rings is 1. The van der Waals surface area contributed by atoms with Gasteiger partial charge in [-0.1, -0.05) is 12.1 Å². The quantitative estimate of drug-likeness (QED) is 0.663. The lowest BCUT2D eigenvalue weighted by Gasteiger charge is -2.23. The molecule has 0 saturated carbocycles. The molecule has 1 aromatic carbocycles. The number of hydrogen-bond acceptors (Lipinski definition) is 3. The van der Waals surface area contributed by atoms with Crippen LogP contribution in [0, 0.1) is 0 Å². The number of ketones is 1. The summed E-state index contributed by atoms with van der Waals surface area (Å²) in [7, 11) is 1.77. The molecule has 2 N–H and O–H groups in total. The number of aromatic nitrogens is 2. The van der Waals surface area contributed by atoms with Gasteiger partial charge in [-0.2, -0.15) is 5.10 Å². The monoisotopic (exact) mass is 243 g/mol. The summed E-state index contributed by atoms with van der Waals surface area (Å²) in [5, 5.41) is 4.03. The molecule has 0 spiro atoms. The van der Waals surface area contributed by atoms with Crippen LogP contribution in [0.2, 0.25) is 0 Å². The zero-order chi connectivity index (χ0) is 13.3. The normalized spacial score (nSPS) is 11.5. The molecule has 18 heavy (non-hydrogen) atoms. The molecule has 0 aliphatic heterocycles. The van der Waals surface area contributed by atoms with Crippen LogP contribution < -0.4 is 5.73 Å². The Bertz CT molecular complexity index is 567. The van der Waals surface area contributed by atoms with Crippen molar-refractivity contribution in [2.75, 3.05) is 5.73 Å². The summed E-state index contributed by atoms with van der Waals surface area (Å²) in [4.78, 5) is 12.5. The molecule has 0 amide bonds. The average molecular weight is 243 g/mol. The van der Waals surface area contributed by atoms with E-state index < -0.39 is 5.41 Å². The highest BCUT2D eigenvalue weighted by atomic mass is 16.1. The van der Waals surface area contributed by atoms with Crippen molar-refractivity contribution < 1.29 is 4.79 Å². The number of carbonyl (C=O) groups excluding carboxylic acids is 1. The van der Waals surface area contributed by atoms with Crippen molar-refractivity contribution in [3.05, 3.63) is 47.8 Å². The predicted molar refractivity (Wildman–Crippen MR) is 71.4 cm³/mol. The van der Waals surface area contributed by atoms with Gasteiger partial charge in [0.15, 0.2) is 5.78 Å². The second-order valence-corrected chi connectivity index (χ2v) is 4.92. The molecule has 0 fully saturated rings. The fourth-order valence-corrected chi connectivity index (χ4v) is 1.95. The molecule has 0 atom stereocenters. The Morgan fingerprint density at radius 2 is 1.83 bits per heavy atom. The van der Waals surface area contributed by atoms with E-state index in [-0.39, 0.29) is 5.78 Å². The Balaban J connectivity index is 2.39. The van der Waals surface area contributed by atoms with E-state index >= 15 is 0 Å². The van der Waals surface area contributed by atoms with E-state index in [1.54, 1.807) is 24.0 Å². The van der Waals surface area contributed by atoms with Gasteiger partial charge in [-0.3, -0.25) is 9.48 Å². The highest BCUT2D eigenvalue weighted by Crippen LogP contribution is 2.28. The topological polar surface area (TPSA) is 60.9 Å². The largest absolute Gasteiger partial charge is 0.399 e. The molecule has 1 heterocycles. The van der Waals surface area contributed by atoms with Gasteiger partial charge in [0, 0.05) is 18.9 Å². The Morgan fingerprint density at radius 1 is 1.22 bits per heavy atom. The van der Waals surface area contributed by atoms with E-state index in [4.69, 9.17) is 5.73 Å². The fraction of sp³-hybridized carbons (Fsp3) is 0.286. The van der Waals surface area contributed by atoms with Crippen LogP contribution in [0.15, 0.2) is 36.5 Å². The van der Waals surface area contributed by atoms with Gasteiger partial charge in [0.25, 0.3) is 0 Å². The number of nitrogens with two attached hydrogens (primary N) is 1. The Kier molecular flexibility index (Phi) is 2.95. The Labute approximate surface area is 106 Å². The third-order valence-corrected chi connectivity index (χ3v) is 3.25. The molecule has 4 nitrogen and oxygen atoms in total. The van der Waals surface area contributed by atoms with Crippen molar-refractivity contribution in [2.45, 2.75) is 19.3 Å². The minimum atomic E-state index is -0.596. The summed E-state index contributed by atoms with van der Waals surface area (Å²) in [5.41, 5.74) is 7.32.